The molecule has 0 aromatic carbocycles. The Morgan fingerprint density at radius 2 is 2.00 bits per heavy atom. The van der Waals surface area contributed by atoms with Crippen LogP contribution in [0.3, 0.4) is 0 Å². The third kappa shape index (κ3) is 6.53. The van der Waals surface area contributed by atoms with Crippen molar-refractivity contribution in [3.63, 3.8) is 0 Å². The molecule has 0 spiro atoms. The van der Waals surface area contributed by atoms with Crippen molar-refractivity contribution in [2.75, 3.05) is 13.7 Å². The van der Waals surface area contributed by atoms with Gasteiger partial charge in [-0.3, -0.25) is 0 Å². The van der Waals surface area contributed by atoms with Crippen LogP contribution in [0.25, 0.3) is 0 Å². The first-order valence-electron chi connectivity index (χ1n) is 4.28. The number of alkyl halides is 1. The van der Waals surface area contributed by atoms with E-state index < -0.39 is 16.3 Å². The zero-order chi connectivity index (χ0) is 12.1. The first kappa shape index (κ1) is 14.5. The normalized spacial score (nSPS) is 13.7. The largest absolute Gasteiger partial charge is 0.452 e. The molecule has 0 saturated carbocycles. The number of amides is 1. The van der Waals surface area contributed by atoms with Gasteiger partial charge >= 0.3 is 16.3 Å². The van der Waals surface area contributed by atoms with Gasteiger partial charge in [-0.2, -0.15) is 13.1 Å². The van der Waals surface area contributed by atoms with Gasteiger partial charge in [0.05, 0.1) is 7.11 Å². The molecule has 1 atom stereocenters. The standard InChI is InChI=1S/C7H15ClN2O4S/c1-5(2)6(8)4-9-15(12,13)10-7(11)14-3/h5-6,9H,4H2,1-3H3,(H,10,11). The van der Waals surface area contributed by atoms with E-state index in [1.165, 1.54) is 0 Å². The average molecular weight is 259 g/mol. The molecule has 90 valence electrons. The Labute approximate surface area is 94.5 Å². The summed E-state index contributed by atoms with van der Waals surface area (Å²) in [6.07, 6.45) is -1.04. The van der Waals surface area contributed by atoms with Crippen molar-refractivity contribution in [2.24, 2.45) is 5.92 Å². The first-order chi connectivity index (χ1) is 6.78. The van der Waals surface area contributed by atoms with E-state index in [1.807, 2.05) is 13.8 Å². The minimum Gasteiger partial charge on any atom is -0.452 e. The highest BCUT2D eigenvalue weighted by Crippen LogP contribution is 2.07. The summed E-state index contributed by atoms with van der Waals surface area (Å²) >= 11 is 5.82. The maximum absolute atomic E-state index is 11.1. The van der Waals surface area contributed by atoms with Gasteiger partial charge in [0.25, 0.3) is 0 Å². The molecule has 0 saturated heterocycles. The van der Waals surface area contributed by atoms with Crippen LogP contribution >= 0.6 is 11.6 Å². The fourth-order valence-electron chi connectivity index (χ4n) is 0.612. The Balaban J connectivity index is 4.11. The minimum atomic E-state index is -3.88. The summed E-state index contributed by atoms with van der Waals surface area (Å²) < 4.78 is 30.2. The Morgan fingerprint density at radius 3 is 2.40 bits per heavy atom. The summed E-state index contributed by atoms with van der Waals surface area (Å²) in [5.41, 5.74) is 0. The number of carbonyl (C=O) groups excluding carboxylic acids is 1. The van der Waals surface area contributed by atoms with E-state index in [-0.39, 0.29) is 17.8 Å². The van der Waals surface area contributed by atoms with Crippen molar-refractivity contribution in [2.45, 2.75) is 19.2 Å². The number of nitrogens with one attached hydrogen (secondary N) is 2. The van der Waals surface area contributed by atoms with Crippen molar-refractivity contribution in [3.8, 4) is 0 Å². The maximum Gasteiger partial charge on any atom is 0.421 e. The molecule has 0 radical (unpaired) electrons. The molecule has 1 amide bonds. The fraction of sp³-hybridized carbons (Fsp3) is 0.857. The smallest absolute Gasteiger partial charge is 0.421 e. The Morgan fingerprint density at radius 1 is 1.47 bits per heavy atom. The van der Waals surface area contributed by atoms with Crippen LogP contribution in [0.15, 0.2) is 0 Å². The van der Waals surface area contributed by atoms with Crippen molar-refractivity contribution >= 4 is 27.9 Å². The summed E-state index contributed by atoms with van der Waals surface area (Å²) in [6.45, 7) is 3.77. The lowest BCUT2D eigenvalue weighted by molar-refractivity contribution is 0.177. The summed E-state index contributed by atoms with van der Waals surface area (Å²) in [7, 11) is -2.81. The van der Waals surface area contributed by atoms with Gasteiger partial charge in [0, 0.05) is 11.9 Å². The van der Waals surface area contributed by atoms with Crippen molar-refractivity contribution in [1.82, 2.24) is 9.44 Å². The van der Waals surface area contributed by atoms with E-state index in [2.05, 4.69) is 9.46 Å². The van der Waals surface area contributed by atoms with Crippen LogP contribution in [0.5, 0.6) is 0 Å². The van der Waals surface area contributed by atoms with Crippen molar-refractivity contribution in [3.05, 3.63) is 0 Å². The zero-order valence-corrected chi connectivity index (χ0v) is 10.4. The van der Waals surface area contributed by atoms with E-state index in [4.69, 9.17) is 11.6 Å². The summed E-state index contributed by atoms with van der Waals surface area (Å²) in [4.78, 5) is 10.6. The SMILES string of the molecule is COC(=O)NS(=O)(=O)NCC(Cl)C(C)C. The fourth-order valence-corrected chi connectivity index (χ4v) is 1.56. The number of hydrogen-bond donors (Lipinski definition) is 2. The van der Waals surface area contributed by atoms with Gasteiger partial charge in [-0.1, -0.05) is 13.8 Å². The van der Waals surface area contributed by atoms with Gasteiger partial charge in [0.15, 0.2) is 0 Å². The third-order valence-electron chi connectivity index (χ3n) is 1.59. The molecule has 8 heteroatoms. The summed E-state index contributed by atoms with van der Waals surface area (Å²) in [5.74, 6) is 0.132. The molecule has 1 unspecified atom stereocenters. The van der Waals surface area contributed by atoms with Gasteiger partial charge in [0.2, 0.25) is 0 Å². The number of carbonyl (C=O) groups is 1. The average Bonchev–Trinajstić information content (AvgIpc) is 2.13. The molecule has 0 aliphatic rings. The predicted molar refractivity (Wildman–Crippen MR) is 56.9 cm³/mol. The molecular formula is C7H15ClN2O4S. The highest BCUT2D eigenvalue weighted by molar-refractivity contribution is 7.88. The molecule has 15 heavy (non-hydrogen) atoms. The van der Waals surface area contributed by atoms with Gasteiger partial charge in [-0.05, 0) is 5.92 Å². The van der Waals surface area contributed by atoms with Crippen molar-refractivity contribution in [1.29, 1.82) is 0 Å². The molecule has 0 aromatic rings. The van der Waals surface area contributed by atoms with Crippen molar-refractivity contribution < 1.29 is 17.9 Å². The van der Waals surface area contributed by atoms with Gasteiger partial charge in [-0.15, -0.1) is 11.6 Å². The van der Waals surface area contributed by atoms with E-state index in [0.29, 0.717) is 0 Å². The second kappa shape index (κ2) is 6.14. The lowest BCUT2D eigenvalue weighted by atomic mass is 10.1. The number of halogens is 1. The molecule has 2 N–H and O–H groups in total. The monoisotopic (exact) mass is 258 g/mol. The second-order valence-corrected chi connectivity index (χ2v) is 5.27. The lowest BCUT2D eigenvalue weighted by Crippen LogP contribution is -2.43. The molecule has 0 aromatic heterocycles. The zero-order valence-electron chi connectivity index (χ0n) is 8.78. The Kier molecular flexibility index (Phi) is 5.92. The maximum atomic E-state index is 11.1. The first-order valence-corrected chi connectivity index (χ1v) is 6.20. The van der Waals surface area contributed by atoms with Gasteiger partial charge < -0.3 is 4.74 Å². The van der Waals surface area contributed by atoms with Gasteiger partial charge in [0.1, 0.15) is 0 Å². The second-order valence-electron chi connectivity index (χ2n) is 3.21. The third-order valence-corrected chi connectivity index (χ3v) is 3.24. The van der Waals surface area contributed by atoms with Crippen LogP contribution in [0.2, 0.25) is 0 Å². The number of rotatable bonds is 5. The van der Waals surface area contributed by atoms with Gasteiger partial charge in [-0.25, -0.2) is 9.52 Å². The number of ether oxygens (including phenoxy) is 1. The molecule has 0 fully saturated rings. The minimum absolute atomic E-state index is 0.0472. The van der Waals surface area contributed by atoms with Crippen LogP contribution in [-0.2, 0) is 14.9 Å². The highest BCUT2D eigenvalue weighted by atomic mass is 35.5. The van der Waals surface area contributed by atoms with Crippen LogP contribution in [0, 0.1) is 5.92 Å². The van der Waals surface area contributed by atoms with Crippen LogP contribution in [-0.4, -0.2) is 33.5 Å². The van der Waals surface area contributed by atoms with E-state index in [9.17, 15) is 13.2 Å². The summed E-state index contributed by atoms with van der Waals surface area (Å²) in [6, 6.07) is 0. The molecule has 0 aliphatic heterocycles. The molecule has 0 rings (SSSR count). The lowest BCUT2D eigenvalue weighted by Gasteiger charge is -2.14. The number of hydrogen-bond acceptors (Lipinski definition) is 4. The topological polar surface area (TPSA) is 84.5 Å². The molecule has 6 nitrogen and oxygen atoms in total. The Hall–Kier alpha value is -0.530. The Bertz CT molecular complexity index is 304. The highest BCUT2D eigenvalue weighted by Gasteiger charge is 2.17. The molecule has 0 heterocycles. The molecular weight excluding hydrogens is 244 g/mol. The van der Waals surface area contributed by atoms with Crippen LogP contribution < -0.4 is 9.44 Å². The van der Waals surface area contributed by atoms with E-state index in [0.717, 1.165) is 7.11 Å². The quantitative estimate of drug-likeness (QED) is 0.701. The van der Waals surface area contributed by atoms with Crippen LogP contribution in [0.1, 0.15) is 13.8 Å². The van der Waals surface area contributed by atoms with Crippen LogP contribution in [0.4, 0.5) is 4.79 Å². The summed E-state index contributed by atoms with van der Waals surface area (Å²) in [5, 5.41) is -0.334. The molecule has 0 bridgehead atoms. The number of methoxy groups -OCH3 is 1. The predicted octanol–water partition coefficient (Wildman–Crippen LogP) is 0.440. The van der Waals surface area contributed by atoms with E-state index >= 15 is 0 Å². The molecule has 0 aliphatic carbocycles. The van der Waals surface area contributed by atoms with E-state index in [1.54, 1.807) is 4.72 Å².